The van der Waals surface area contributed by atoms with Gasteiger partial charge in [-0.15, -0.1) is 59.3 Å². The van der Waals surface area contributed by atoms with E-state index in [1.54, 1.807) is 23.3 Å². The van der Waals surface area contributed by atoms with Gasteiger partial charge in [0.05, 0.1) is 0 Å². The van der Waals surface area contributed by atoms with Gasteiger partial charge in [0.1, 0.15) is 0 Å². The molecule has 0 aliphatic heterocycles. The van der Waals surface area contributed by atoms with E-state index >= 15 is 0 Å². The van der Waals surface area contributed by atoms with Gasteiger partial charge in [-0.3, -0.25) is 0 Å². The largest absolute Gasteiger partial charge is 0.168 e. The molecule has 0 N–H and O–H groups in total. The smallest absolute Gasteiger partial charge is 0.0809 e. The van der Waals surface area contributed by atoms with E-state index in [4.69, 9.17) is 4.43 Å². The zero-order chi connectivity index (χ0) is 21.1. The second kappa shape index (κ2) is 12.6. The first-order chi connectivity index (χ1) is 13.8. The van der Waals surface area contributed by atoms with Gasteiger partial charge in [-0.25, -0.2) is 0 Å². The molecule has 150 valence electrons. The van der Waals surface area contributed by atoms with Crippen LogP contribution in [0.3, 0.4) is 0 Å². The van der Waals surface area contributed by atoms with Gasteiger partial charge in [0.2, 0.25) is 0 Å². The maximum Gasteiger partial charge on any atom is -0.0809 e. The van der Waals surface area contributed by atoms with Crippen LogP contribution in [0.5, 0.6) is 0 Å². The monoisotopic (exact) mass is 494 g/mol. The summed E-state index contributed by atoms with van der Waals surface area (Å²) in [4.78, 5) is 0. The van der Waals surface area contributed by atoms with Crippen LogP contribution in [0.1, 0.15) is 6.42 Å². The Morgan fingerprint density at radius 2 is 1.31 bits per heavy atom. The van der Waals surface area contributed by atoms with E-state index in [1.165, 1.54) is 34.0 Å². The van der Waals surface area contributed by atoms with Crippen LogP contribution in [0.15, 0.2) is 84.9 Å². The van der Waals surface area contributed by atoms with Gasteiger partial charge in [-0.2, -0.15) is 35.0 Å². The summed E-state index contributed by atoms with van der Waals surface area (Å²) >= 11 is 1.76. The third-order valence-electron chi connectivity index (χ3n) is 4.33. The Kier molecular flexibility index (Phi) is 10.5. The predicted molar refractivity (Wildman–Crippen MR) is 129 cm³/mol. The summed E-state index contributed by atoms with van der Waals surface area (Å²) in [6.45, 7) is 10.2. The molecule has 0 fully saturated rings. The van der Waals surface area contributed by atoms with Crippen molar-refractivity contribution in [1.82, 2.24) is 0 Å². The Labute approximate surface area is 192 Å². The van der Waals surface area contributed by atoms with Gasteiger partial charge in [0.25, 0.3) is 0 Å². The molecule has 0 radical (unpaired) electrons. The number of rotatable bonds is 5. The number of benzene rings is 2. The maximum absolute atomic E-state index is 5.74. The Hall–Kier alpha value is -1.06. The quantitative estimate of drug-likeness (QED) is 0.158. The van der Waals surface area contributed by atoms with E-state index in [2.05, 4.69) is 111 Å². The molecule has 0 aliphatic rings. The van der Waals surface area contributed by atoms with E-state index in [1.807, 2.05) is 0 Å². The average Bonchev–Trinajstić information content (AvgIpc) is 3.34. The fraction of sp³-hybridized carbons (Fsp3) is 0.280. The molecule has 0 unspecified atom stereocenters. The first-order valence-electron chi connectivity index (χ1n) is 10.2. The minimum absolute atomic E-state index is 0.0734. The SMILES string of the molecule is C[Si](=[Zr+2])CCCO[Si](C)(C)C.c1ccc2[cH-]ccc2c1.c1ccc2[cH-]ccc2c1. The molecule has 0 aromatic heterocycles. The van der Waals surface area contributed by atoms with E-state index in [0.717, 1.165) is 6.61 Å². The Morgan fingerprint density at radius 1 is 0.828 bits per heavy atom. The zero-order valence-electron chi connectivity index (χ0n) is 18.1. The second-order valence-electron chi connectivity index (χ2n) is 8.15. The summed E-state index contributed by atoms with van der Waals surface area (Å²) < 4.78 is 5.74. The average molecular weight is 496 g/mol. The molecule has 4 rings (SSSR count). The summed E-state index contributed by atoms with van der Waals surface area (Å²) in [5.41, 5.74) is 0.0734. The van der Waals surface area contributed by atoms with Crippen LogP contribution in [0.2, 0.25) is 32.2 Å². The topological polar surface area (TPSA) is 9.23 Å². The zero-order valence-corrected chi connectivity index (χ0v) is 22.6. The fourth-order valence-corrected chi connectivity index (χ4v) is 5.59. The summed E-state index contributed by atoms with van der Waals surface area (Å²) in [6, 6.07) is 30.8. The molecule has 4 aromatic rings. The molecule has 0 atom stereocenters. The Morgan fingerprint density at radius 3 is 1.72 bits per heavy atom. The van der Waals surface area contributed by atoms with Crippen LogP contribution in [-0.4, -0.2) is 20.4 Å². The van der Waals surface area contributed by atoms with Crippen molar-refractivity contribution in [3.05, 3.63) is 84.9 Å². The maximum atomic E-state index is 5.74. The van der Waals surface area contributed by atoms with Crippen LogP contribution in [0.25, 0.3) is 21.5 Å². The van der Waals surface area contributed by atoms with Crippen LogP contribution in [-0.2, 0) is 27.8 Å². The molecule has 0 spiro atoms. The molecular weight excluding hydrogens is 464 g/mol. The first-order valence-corrected chi connectivity index (χ1v) is 19.5. The number of hydrogen-bond donors (Lipinski definition) is 0. The van der Waals surface area contributed by atoms with Crippen molar-refractivity contribution in [2.75, 3.05) is 6.61 Å². The van der Waals surface area contributed by atoms with Crippen molar-refractivity contribution in [3.8, 4) is 0 Å². The summed E-state index contributed by atoms with van der Waals surface area (Å²) in [6.07, 6.45) is 1.29. The normalized spacial score (nSPS) is 10.8. The van der Waals surface area contributed by atoms with Gasteiger partial charge in [-0.1, -0.05) is 12.1 Å². The molecule has 29 heavy (non-hydrogen) atoms. The number of hydrogen-bond acceptors (Lipinski definition) is 1. The summed E-state index contributed by atoms with van der Waals surface area (Å²) in [7, 11) is -1.21. The minimum Gasteiger partial charge on any atom is -0.168 e. The molecule has 4 heteroatoms. The van der Waals surface area contributed by atoms with E-state index in [-0.39, 0.29) is 5.43 Å². The van der Waals surface area contributed by atoms with E-state index in [0.29, 0.717) is 0 Å². The summed E-state index contributed by atoms with van der Waals surface area (Å²) in [5, 5.41) is 5.32. The molecule has 0 aliphatic carbocycles. The van der Waals surface area contributed by atoms with Crippen molar-refractivity contribution < 1.29 is 27.8 Å². The van der Waals surface area contributed by atoms with E-state index < -0.39 is 8.32 Å². The molecule has 0 saturated carbocycles. The molecule has 0 amide bonds. The van der Waals surface area contributed by atoms with Crippen LogP contribution < -0.4 is 0 Å². The van der Waals surface area contributed by atoms with Gasteiger partial charge in [0, 0.05) is 0 Å². The van der Waals surface area contributed by atoms with E-state index in [9.17, 15) is 0 Å². The van der Waals surface area contributed by atoms with Gasteiger partial charge >= 0.3 is 86.8 Å². The Bertz CT molecular complexity index is 868. The van der Waals surface area contributed by atoms with Gasteiger partial charge in [0.15, 0.2) is 0 Å². The molecule has 0 saturated heterocycles. The molecule has 1 nitrogen and oxygen atoms in total. The predicted octanol–water partition coefficient (Wildman–Crippen LogP) is 7.51. The first kappa shape index (κ1) is 24.2. The Balaban J connectivity index is 0.000000156. The minimum atomic E-state index is -1.21. The van der Waals surface area contributed by atoms with Crippen LogP contribution in [0, 0.1) is 0 Å². The van der Waals surface area contributed by atoms with Crippen molar-refractivity contribution in [3.63, 3.8) is 0 Å². The van der Waals surface area contributed by atoms with Crippen molar-refractivity contribution in [2.24, 2.45) is 0 Å². The summed E-state index contributed by atoms with van der Waals surface area (Å²) in [5.74, 6) is 0. The standard InChI is InChI=1S/2C9H7.C7H18OSi2.Zr/c2*1-2-5-9-7-3-6-8(9)4-1;1-9-7-5-6-8-10(2,3)4;/h2*1-7H;5-7H2,1-4H3;/q2*-1;;+2. The third kappa shape index (κ3) is 10.00. The van der Waals surface area contributed by atoms with Crippen LogP contribution in [0.4, 0.5) is 0 Å². The van der Waals surface area contributed by atoms with Crippen molar-refractivity contribution in [2.45, 2.75) is 38.7 Å². The van der Waals surface area contributed by atoms with Gasteiger partial charge < -0.3 is 0 Å². The third-order valence-corrected chi connectivity index (χ3v) is 8.34. The molecule has 4 aromatic carbocycles. The fourth-order valence-electron chi connectivity index (χ4n) is 2.86. The molecule has 0 bridgehead atoms. The number of fused-ring (bicyclic) bond motifs is 2. The van der Waals surface area contributed by atoms with Crippen LogP contribution >= 0.6 is 0 Å². The van der Waals surface area contributed by atoms with Gasteiger partial charge in [-0.05, 0) is 0 Å². The molecular formula is C25H32OSi2Zr. The molecule has 0 heterocycles. The van der Waals surface area contributed by atoms with Crippen molar-refractivity contribution in [1.29, 1.82) is 0 Å². The van der Waals surface area contributed by atoms with Crippen molar-refractivity contribution >= 4 is 35.3 Å². The second-order valence-corrected chi connectivity index (χ2v) is 21.0.